The van der Waals surface area contributed by atoms with Crippen molar-refractivity contribution in [3.8, 4) is 0 Å². The van der Waals surface area contributed by atoms with Crippen molar-refractivity contribution in [3.05, 3.63) is 70.8 Å². The second-order valence-electron chi connectivity index (χ2n) is 4.56. The molecule has 104 valence electrons. The van der Waals surface area contributed by atoms with Crippen LogP contribution in [0.4, 0.5) is 8.78 Å². The molecule has 0 unspecified atom stereocenters. The van der Waals surface area contributed by atoms with Gasteiger partial charge in [-0.15, -0.1) is 0 Å². The standard InChI is InChI=1S/C16H9F2NO2/c17-13-6-5-9(8-14(13)18)7-12-10-3-1-2-4-11(10)15(20)19-16(12)21/h1-8H,(H,19,20,21)/b12-7+. The van der Waals surface area contributed by atoms with Crippen LogP contribution in [0.2, 0.25) is 0 Å². The molecule has 0 aromatic heterocycles. The van der Waals surface area contributed by atoms with Gasteiger partial charge in [-0.1, -0.05) is 24.3 Å². The Morgan fingerprint density at radius 2 is 1.57 bits per heavy atom. The van der Waals surface area contributed by atoms with E-state index in [-0.39, 0.29) is 5.57 Å². The van der Waals surface area contributed by atoms with Gasteiger partial charge < -0.3 is 0 Å². The molecule has 0 fully saturated rings. The van der Waals surface area contributed by atoms with E-state index in [9.17, 15) is 18.4 Å². The van der Waals surface area contributed by atoms with Crippen LogP contribution in [0.25, 0.3) is 11.6 Å². The maximum Gasteiger partial charge on any atom is 0.258 e. The molecule has 21 heavy (non-hydrogen) atoms. The molecule has 0 radical (unpaired) electrons. The van der Waals surface area contributed by atoms with Crippen LogP contribution in [-0.2, 0) is 4.79 Å². The van der Waals surface area contributed by atoms with Crippen molar-refractivity contribution >= 4 is 23.5 Å². The summed E-state index contributed by atoms with van der Waals surface area (Å²) in [6, 6.07) is 9.95. The zero-order valence-electron chi connectivity index (χ0n) is 10.7. The predicted octanol–water partition coefficient (Wildman–Crippen LogP) is 2.78. The summed E-state index contributed by atoms with van der Waals surface area (Å²) in [6.45, 7) is 0. The van der Waals surface area contributed by atoms with Gasteiger partial charge in [-0.2, -0.15) is 0 Å². The molecular formula is C16H9F2NO2. The highest BCUT2D eigenvalue weighted by Gasteiger charge is 2.26. The van der Waals surface area contributed by atoms with Crippen molar-refractivity contribution in [2.24, 2.45) is 0 Å². The minimum Gasteiger partial charge on any atom is -0.288 e. The van der Waals surface area contributed by atoms with E-state index in [4.69, 9.17) is 0 Å². The number of benzene rings is 2. The molecule has 0 aliphatic carbocycles. The lowest BCUT2D eigenvalue weighted by molar-refractivity contribution is -0.114. The first kappa shape index (κ1) is 13.2. The van der Waals surface area contributed by atoms with Gasteiger partial charge in [0.15, 0.2) is 11.6 Å². The predicted molar refractivity (Wildman–Crippen MR) is 73.1 cm³/mol. The summed E-state index contributed by atoms with van der Waals surface area (Å²) in [6.07, 6.45) is 1.42. The molecule has 3 rings (SSSR count). The van der Waals surface area contributed by atoms with Gasteiger partial charge in [0, 0.05) is 11.1 Å². The van der Waals surface area contributed by atoms with Gasteiger partial charge in [0.1, 0.15) is 0 Å². The molecule has 2 aromatic carbocycles. The number of nitrogens with one attached hydrogen (secondary N) is 1. The SMILES string of the molecule is O=C1NC(=O)c2ccccc2/C1=C\c1ccc(F)c(F)c1. The second-order valence-corrected chi connectivity index (χ2v) is 4.56. The second kappa shape index (κ2) is 4.94. The van der Waals surface area contributed by atoms with Crippen LogP contribution >= 0.6 is 0 Å². The van der Waals surface area contributed by atoms with E-state index in [0.717, 1.165) is 12.1 Å². The summed E-state index contributed by atoms with van der Waals surface area (Å²) < 4.78 is 26.2. The van der Waals surface area contributed by atoms with E-state index < -0.39 is 23.4 Å². The van der Waals surface area contributed by atoms with Crippen LogP contribution in [0.1, 0.15) is 21.5 Å². The summed E-state index contributed by atoms with van der Waals surface area (Å²) in [4.78, 5) is 23.7. The Balaban J connectivity index is 2.14. The van der Waals surface area contributed by atoms with Crippen LogP contribution in [0.3, 0.4) is 0 Å². The Bertz CT molecular complexity index is 797. The van der Waals surface area contributed by atoms with Crippen LogP contribution in [0, 0.1) is 11.6 Å². The third-order valence-electron chi connectivity index (χ3n) is 3.19. The highest BCUT2D eigenvalue weighted by molar-refractivity contribution is 6.33. The van der Waals surface area contributed by atoms with Gasteiger partial charge in [0.2, 0.25) is 0 Å². The van der Waals surface area contributed by atoms with Crippen LogP contribution < -0.4 is 5.32 Å². The number of rotatable bonds is 1. The molecule has 0 atom stereocenters. The molecule has 0 saturated carbocycles. The number of amides is 2. The van der Waals surface area contributed by atoms with Crippen LogP contribution in [0.5, 0.6) is 0 Å². The minimum atomic E-state index is -0.995. The maximum atomic E-state index is 13.2. The van der Waals surface area contributed by atoms with E-state index >= 15 is 0 Å². The molecule has 5 heteroatoms. The summed E-state index contributed by atoms with van der Waals surface area (Å²) in [7, 11) is 0. The highest BCUT2D eigenvalue weighted by atomic mass is 19.2. The Labute approximate surface area is 118 Å². The van der Waals surface area contributed by atoms with Gasteiger partial charge in [0.25, 0.3) is 11.8 Å². The number of carbonyl (C=O) groups excluding carboxylic acids is 2. The molecule has 2 aromatic rings. The minimum absolute atomic E-state index is 0.233. The van der Waals surface area contributed by atoms with Gasteiger partial charge in [-0.25, -0.2) is 8.78 Å². The average molecular weight is 285 g/mol. The summed E-state index contributed by atoms with van der Waals surface area (Å²) in [5.74, 6) is -2.99. The lowest BCUT2D eigenvalue weighted by Gasteiger charge is -2.18. The van der Waals surface area contributed by atoms with Crippen LogP contribution in [-0.4, -0.2) is 11.8 Å². The summed E-state index contributed by atoms with van der Waals surface area (Å²) in [5.41, 5.74) is 1.40. The van der Waals surface area contributed by atoms with Crippen LogP contribution in [0.15, 0.2) is 42.5 Å². The maximum absolute atomic E-state index is 13.2. The largest absolute Gasteiger partial charge is 0.288 e. The third kappa shape index (κ3) is 2.33. The fourth-order valence-electron chi connectivity index (χ4n) is 2.19. The van der Waals surface area contributed by atoms with E-state index in [2.05, 4.69) is 5.32 Å². The van der Waals surface area contributed by atoms with Gasteiger partial charge in [-0.3, -0.25) is 14.9 Å². The number of halogens is 2. The van der Waals surface area contributed by atoms with Crippen molar-refractivity contribution < 1.29 is 18.4 Å². The fourth-order valence-corrected chi connectivity index (χ4v) is 2.19. The molecule has 1 N–H and O–H groups in total. The monoisotopic (exact) mass is 285 g/mol. The zero-order valence-corrected chi connectivity index (χ0v) is 10.7. The van der Waals surface area contributed by atoms with Gasteiger partial charge >= 0.3 is 0 Å². The molecule has 3 nitrogen and oxygen atoms in total. The first-order chi connectivity index (χ1) is 10.1. The number of hydrogen-bond donors (Lipinski definition) is 1. The first-order valence-electron chi connectivity index (χ1n) is 6.18. The number of imide groups is 1. The molecular weight excluding hydrogens is 276 g/mol. The topological polar surface area (TPSA) is 46.2 Å². The smallest absolute Gasteiger partial charge is 0.258 e. The lowest BCUT2D eigenvalue weighted by Crippen LogP contribution is -2.36. The Morgan fingerprint density at radius 1 is 0.857 bits per heavy atom. The van der Waals surface area contributed by atoms with E-state index in [1.807, 2.05) is 0 Å². The summed E-state index contributed by atoms with van der Waals surface area (Å²) in [5, 5.41) is 2.22. The Morgan fingerprint density at radius 3 is 2.29 bits per heavy atom. The molecule has 2 amide bonds. The first-order valence-corrected chi connectivity index (χ1v) is 6.18. The van der Waals surface area contributed by atoms with E-state index in [0.29, 0.717) is 16.7 Å². The number of hydrogen-bond acceptors (Lipinski definition) is 2. The fraction of sp³-hybridized carbons (Fsp3) is 0. The summed E-state index contributed by atoms with van der Waals surface area (Å²) >= 11 is 0. The normalized spacial score (nSPS) is 15.8. The third-order valence-corrected chi connectivity index (χ3v) is 3.19. The van der Waals surface area contributed by atoms with Crippen molar-refractivity contribution in [1.29, 1.82) is 0 Å². The lowest BCUT2D eigenvalue weighted by atomic mass is 9.93. The van der Waals surface area contributed by atoms with E-state index in [1.54, 1.807) is 24.3 Å². The van der Waals surface area contributed by atoms with Gasteiger partial charge in [-0.05, 0) is 35.4 Å². The molecule has 1 aliphatic heterocycles. The van der Waals surface area contributed by atoms with Crippen molar-refractivity contribution in [2.45, 2.75) is 0 Å². The van der Waals surface area contributed by atoms with Crippen molar-refractivity contribution in [3.63, 3.8) is 0 Å². The van der Waals surface area contributed by atoms with Gasteiger partial charge in [0.05, 0.1) is 0 Å². The Kier molecular flexibility index (Phi) is 3.10. The molecule has 0 spiro atoms. The average Bonchev–Trinajstić information content (AvgIpc) is 2.47. The molecule has 0 saturated heterocycles. The van der Waals surface area contributed by atoms with Crippen molar-refractivity contribution in [1.82, 2.24) is 5.32 Å². The molecule has 1 aliphatic rings. The number of carbonyl (C=O) groups is 2. The molecule has 1 heterocycles. The van der Waals surface area contributed by atoms with Crippen molar-refractivity contribution in [2.75, 3.05) is 0 Å². The highest BCUT2D eigenvalue weighted by Crippen LogP contribution is 2.26. The molecule has 0 bridgehead atoms. The number of fused-ring (bicyclic) bond motifs is 1. The van der Waals surface area contributed by atoms with E-state index in [1.165, 1.54) is 12.1 Å². The zero-order chi connectivity index (χ0) is 15.0. The Hall–Kier alpha value is -2.82. The quantitative estimate of drug-likeness (QED) is 0.647.